The van der Waals surface area contributed by atoms with Crippen molar-refractivity contribution >= 4 is 21.8 Å². The zero-order chi connectivity index (χ0) is 13.9. The fraction of sp³-hybridized carbons (Fsp3) is 0.562. The molecule has 0 bridgehead atoms. The number of hydrogen-bond donors (Lipinski definition) is 1. The topological polar surface area (TPSA) is 32.3 Å². The van der Waals surface area contributed by atoms with Gasteiger partial charge in [0.05, 0.1) is 5.92 Å². The quantitative estimate of drug-likeness (QED) is 0.856. The second-order valence-electron chi connectivity index (χ2n) is 5.82. The third-order valence-electron chi connectivity index (χ3n) is 4.63. The number of halogens is 1. The van der Waals surface area contributed by atoms with Gasteiger partial charge in [-0.25, -0.2) is 0 Å². The van der Waals surface area contributed by atoms with Crippen LogP contribution in [0.1, 0.15) is 24.3 Å². The first kappa shape index (κ1) is 14.1. The highest BCUT2D eigenvalue weighted by Gasteiger charge is 2.41. The van der Waals surface area contributed by atoms with Crippen LogP contribution in [0.5, 0.6) is 0 Å². The van der Waals surface area contributed by atoms with E-state index in [9.17, 15) is 4.79 Å². The molecule has 2 heterocycles. The Morgan fingerprint density at radius 2 is 2.15 bits per heavy atom. The number of nitrogens with zero attached hydrogens (tertiary/aromatic N) is 1. The van der Waals surface area contributed by atoms with Crippen LogP contribution < -0.4 is 5.32 Å². The van der Waals surface area contributed by atoms with Crippen molar-refractivity contribution in [3.63, 3.8) is 0 Å². The summed E-state index contributed by atoms with van der Waals surface area (Å²) in [6, 6.07) is 11.1. The van der Waals surface area contributed by atoms with Crippen molar-refractivity contribution in [1.29, 1.82) is 0 Å². The molecule has 1 N–H and O–H groups in total. The molecular weight excluding hydrogens is 316 g/mol. The van der Waals surface area contributed by atoms with E-state index in [4.69, 9.17) is 0 Å². The molecule has 4 heteroatoms. The standard InChI is InChI=1S/C16H21BrN2O/c17-9-13(12-5-2-1-3-6-12)11-19-8-4-7-14-15(19)10-18-16(14)20/h1-3,5-6,13-15H,4,7-11H2,(H,18,20). The van der Waals surface area contributed by atoms with Gasteiger partial charge in [-0.05, 0) is 24.9 Å². The number of rotatable bonds is 4. The Bertz CT molecular complexity index is 465. The molecule has 3 nitrogen and oxygen atoms in total. The van der Waals surface area contributed by atoms with Crippen LogP contribution >= 0.6 is 15.9 Å². The average molecular weight is 337 g/mol. The monoisotopic (exact) mass is 336 g/mol. The highest BCUT2D eigenvalue weighted by molar-refractivity contribution is 9.09. The van der Waals surface area contributed by atoms with Gasteiger partial charge in [0.25, 0.3) is 0 Å². The maximum Gasteiger partial charge on any atom is 0.224 e. The molecular formula is C16H21BrN2O. The van der Waals surface area contributed by atoms with Gasteiger partial charge in [0.2, 0.25) is 5.91 Å². The number of piperidine rings is 1. The lowest BCUT2D eigenvalue weighted by Gasteiger charge is -2.37. The van der Waals surface area contributed by atoms with Gasteiger partial charge in [0.15, 0.2) is 0 Å². The van der Waals surface area contributed by atoms with Gasteiger partial charge >= 0.3 is 0 Å². The maximum absolute atomic E-state index is 11.8. The molecule has 0 saturated carbocycles. The van der Waals surface area contributed by atoms with E-state index >= 15 is 0 Å². The molecule has 1 amide bonds. The molecule has 108 valence electrons. The molecule has 2 aliphatic rings. The van der Waals surface area contributed by atoms with Crippen LogP contribution in [0.3, 0.4) is 0 Å². The second kappa shape index (κ2) is 6.27. The van der Waals surface area contributed by atoms with Crippen molar-refractivity contribution in [2.75, 3.05) is 25.0 Å². The summed E-state index contributed by atoms with van der Waals surface area (Å²) in [7, 11) is 0. The molecule has 0 aliphatic carbocycles. The summed E-state index contributed by atoms with van der Waals surface area (Å²) in [5.74, 6) is 0.968. The van der Waals surface area contributed by atoms with Gasteiger partial charge in [-0.3, -0.25) is 9.69 Å². The van der Waals surface area contributed by atoms with E-state index in [1.807, 2.05) is 0 Å². The van der Waals surface area contributed by atoms with Crippen LogP contribution in [0.25, 0.3) is 0 Å². The molecule has 1 aromatic carbocycles. The lowest BCUT2D eigenvalue weighted by atomic mass is 9.90. The SMILES string of the molecule is O=C1NCC2C1CCCN2CC(CBr)c1ccccc1. The summed E-state index contributed by atoms with van der Waals surface area (Å²) in [6.45, 7) is 2.98. The smallest absolute Gasteiger partial charge is 0.224 e. The minimum Gasteiger partial charge on any atom is -0.354 e. The highest BCUT2D eigenvalue weighted by atomic mass is 79.9. The number of amides is 1. The minimum absolute atomic E-state index is 0.218. The zero-order valence-electron chi connectivity index (χ0n) is 11.6. The first-order valence-electron chi connectivity index (χ1n) is 7.42. The molecule has 1 aromatic rings. The summed E-state index contributed by atoms with van der Waals surface area (Å²) < 4.78 is 0. The summed E-state index contributed by atoms with van der Waals surface area (Å²) >= 11 is 3.65. The Balaban J connectivity index is 1.71. The normalized spacial score (nSPS) is 27.9. The maximum atomic E-state index is 11.8. The second-order valence-corrected chi connectivity index (χ2v) is 6.47. The van der Waals surface area contributed by atoms with Crippen molar-refractivity contribution in [2.24, 2.45) is 5.92 Å². The predicted octanol–water partition coefficient (Wildman–Crippen LogP) is 2.38. The van der Waals surface area contributed by atoms with Crippen molar-refractivity contribution in [1.82, 2.24) is 10.2 Å². The molecule has 0 spiro atoms. The number of nitrogens with one attached hydrogen (secondary N) is 1. The van der Waals surface area contributed by atoms with Crippen molar-refractivity contribution < 1.29 is 4.79 Å². The summed E-state index contributed by atoms with van der Waals surface area (Å²) in [5, 5.41) is 3.99. The fourth-order valence-electron chi connectivity index (χ4n) is 3.52. The third-order valence-corrected chi connectivity index (χ3v) is 5.41. The number of likely N-dealkylation sites (tertiary alicyclic amines) is 1. The van der Waals surface area contributed by atoms with Gasteiger partial charge in [-0.1, -0.05) is 46.3 Å². The lowest BCUT2D eigenvalue weighted by molar-refractivity contribution is -0.124. The largest absolute Gasteiger partial charge is 0.354 e. The van der Waals surface area contributed by atoms with E-state index in [2.05, 4.69) is 56.5 Å². The van der Waals surface area contributed by atoms with Gasteiger partial charge in [-0.15, -0.1) is 0 Å². The zero-order valence-corrected chi connectivity index (χ0v) is 13.2. The Morgan fingerprint density at radius 3 is 2.90 bits per heavy atom. The van der Waals surface area contributed by atoms with Crippen molar-refractivity contribution in [3.8, 4) is 0 Å². The fourth-order valence-corrected chi connectivity index (χ4v) is 4.10. The molecule has 3 rings (SSSR count). The number of fused-ring (bicyclic) bond motifs is 1. The minimum atomic E-state index is 0.218. The first-order chi connectivity index (χ1) is 9.79. The van der Waals surface area contributed by atoms with Crippen LogP contribution in [0.15, 0.2) is 30.3 Å². The highest BCUT2D eigenvalue weighted by Crippen LogP contribution is 2.30. The lowest BCUT2D eigenvalue weighted by Crippen LogP contribution is -2.47. The van der Waals surface area contributed by atoms with Gasteiger partial charge in [0.1, 0.15) is 0 Å². The van der Waals surface area contributed by atoms with Crippen LogP contribution in [0.2, 0.25) is 0 Å². The summed E-state index contributed by atoms with van der Waals surface area (Å²) in [6.07, 6.45) is 2.19. The molecule has 0 aromatic heterocycles. The molecule has 2 saturated heterocycles. The van der Waals surface area contributed by atoms with Crippen LogP contribution in [0.4, 0.5) is 0 Å². The Kier molecular flexibility index (Phi) is 4.41. The van der Waals surface area contributed by atoms with Crippen molar-refractivity contribution in [2.45, 2.75) is 24.8 Å². The van der Waals surface area contributed by atoms with Crippen LogP contribution in [-0.2, 0) is 4.79 Å². The Hall–Kier alpha value is -0.870. The number of benzene rings is 1. The third kappa shape index (κ3) is 2.77. The average Bonchev–Trinajstić information content (AvgIpc) is 2.88. The number of hydrogen-bond acceptors (Lipinski definition) is 2. The predicted molar refractivity (Wildman–Crippen MR) is 84.1 cm³/mol. The van der Waals surface area contributed by atoms with E-state index in [-0.39, 0.29) is 11.8 Å². The van der Waals surface area contributed by atoms with Gasteiger partial charge in [-0.2, -0.15) is 0 Å². The molecule has 2 aliphatic heterocycles. The van der Waals surface area contributed by atoms with E-state index < -0.39 is 0 Å². The molecule has 0 radical (unpaired) electrons. The van der Waals surface area contributed by atoms with E-state index in [0.717, 1.165) is 37.8 Å². The van der Waals surface area contributed by atoms with Gasteiger partial charge in [0, 0.05) is 30.4 Å². The summed E-state index contributed by atoms with van der Waals surface area (Å²) in [4.78, 5) is 14.4. The molecule has 3 atom stereocenters. The Morgan fingerprint density at radius 1 is 1.35 bits per heavy atom. The van der Waals surface area contributed by atoms with E-state index in [1.165, 1.54) is 5.56 Å². The van der Waals surface area contributed by atoms with E-state index in [1.54, 1.807) is 0 Å². The number of carbonyl (C=O) groups is 1. The summed E-state index contributed by atoms with van der Waals surface area (Å²) in [5.41, 5.74) is 1.38. The molecule has 20 heavy (non-hydrogen) atoms. The Labute approximate surface area is 128 Å². The van der Waals surface area contributed by atoms with Gasteiger partial charge < -0.3 is 5.32 Å². The molecule has 3 unspecified atom stereocenters. The van der Waals surface area contributed by atoms with Crippen LogP contribution in [-0.4, -0.2) is 41.8 Å². The number of carbonyl (C=O) groups excluding carboxylic acids is 1. The van der Waals surface area contributed by atoms with Crippen molar-refractivity contribution in [3.05, 3.63) is 35.9 Å². The van der Waals surface area contributed by atoms with Crippen LogP contribution in [0, 0.1) is 5.92 Å². The number of alkyl halides is 1. The van der Waals surface area contributed by atoms with E-state index in [0.29, 0.717) is 12.0 Å². The first-order valence-corrected chi connectivity index (χ1v) is 8.54. The molecule has 2 fully saturated rings.